The summed E-state index contributed by atoms with van der Waals surface area (Å²) in [7, 11) is 0. The van der Waals surface area contributed by atoms with Gasteiger partial charge in [0.25, 0.3) is 0 Å². The van der Waals surface area contributed by atoms with E-state index < -0.39 is 0 Å². The highest BCUT2D eigenvalue weighted by Crippen LogP contribution is 1.89. The Balaban J connectivity index is 3.63. The highest BCUT2D eigenvalue weighted by Gasteiger charge is 2.01. The summed E-state index contributed by atoms with van der Waals surface area (Å²) in [5.41, 5.74) is 5.80. The highest BCUT2D eigenvalue weighted by atomic mass is 16.5. The molecular formula is C10H20N2O2. The first-order valence-electron chi connectivity index (χ1n) is 4.93. The predicted molar refractivity (Wildman–Crippen MR) is 56.7 cm³/mol. The van der Waals surface area contributed by atoms with Crippen molar-refractivity contribution < 1.29 is 9.53 Å². The third kappa shape index (κ3) is 6.48. The van der Waals surface area contributed by atoms with E-state index in [-0.39, 0.29) is 5.97 Å². The molecule has 0 spiro atoms. The lowest BCUT2D eigenvalue weighted by Crippen LogP contribution is -2.27. The van der Waals surface area contributed by atoms with Crippen molar-refractivity contribution in [2.45, 2.75) is 20.8 Å². The van der Waals surface area contributed by atoms with Crippen LogP contribution in [0.25, 0.3) is 0 Å². The molecule has 0 saturated heterocycles. The summed E-state index contributed by atoms with van der Waals surface area (Å²) in [5.74, 6) is -0.364. The van der Waals surface area contributed by atoms with Crippen molar-refractivity contribution in [2.75, 3.05) is 26.2 Å². The van der Waals surface area contributed by atoms with E-state index >= 15 is 0 Å². The molecule has 0 aromatic heterocycles. The topological polar surface area (TPSA) is 55.6 Å². The minimum absolute atomic E-state index is 0.364. The molecule has 4 heteroatoms. The van der Waals surface area contributed by atoms with Crippen LogP contribution < -0.4 is 5.73 Å². The Morgan fingerprint density at radius 2 is 2.00 bits per heavy atom. The van der Waals surface area contributed by atoms with Crippen molar-refractivity contribution >= 4 is 5.97 Å². The number of hydrogen-bond acceptors (Lipinski definition) is 4. The van der Waals surface area contributed by atoms with Gasteiger partial charge in [0, 0.05) is 18.3 Å². The third-order valence-electron chi connectivity index (χ3n) is 1.89. The molecule has 0 atom stereocenters. The van der Waals surface area contributed by atoms with Crippen molar-refractivity contribution in [3.8, 4) is 0 Å². The summed E-state index contributed by atoms with van der Waals surface area (Å²) in [4.78, 5) is 13.2. The van der Waals surface area contributed by atoms with E-state index in [0.717, 1.165) is 19.6 Å². The Bertz CT molecular complexity index is 194. The molecule has 0 aliphatic carbocycles. The maximum Gasteiger partial charge on any atom is 0.332 e. The number of allylic oxidation sites excluding steroid dienone is 1. The van der Waals surface area contributed by atoms with E-state index in [1.54, 1.807) is 6.92 Å². The summed E-state index contributed by atoms with van der Waals surface area (Å²) in [5, 5.41) is 0. The van der Waals surface area contributed by atoms with Gasteiger partial charge < -0.3 is 15.4 Å². The lowest BCUT2D eigenvalue weighted by Gasteiger charge is -2.17. The van der Waals surface area contributed by atoms with Gasteiger partial charge in [-0.05, 0) is 20.0 Å². The molecule has 0 unspecified atom stereocenters. The van der Waals surface area contributed by atoms with Crippen molar-refractivity contribution in [3.05, 3.63) is 11.8 Å². The zero-order valence-electron chi connectivity index (χ0n) is 9.25. The molecule has 14 heavy (non-hydrogen) atoms. The van der Waals surface area contributed by atoms with Gasteiger partial charge in [-0.3, -0.25) is 0 Å². The minimum Gasteiger partial charge on any atom is -0.461 e. The van der Waals surface area contributed by atoms with Gasteiger partial charge >= 0.3 is 5.97 Å². The second-order valence-electron chi connectivity index (χ2n) is 3.08. The molecule has 0 aromatic rings. The summed E-state index contributed by atoms with van der Waals surface area (Å²) in [6.45, 7) is 8.95. The van der Waals surface area contributed by atoms with Gasteiger partial charge in [0.05, 0.1) is 0 Å². The number of carbonyl (C=O) groups is 1. The van der Waals surface area contributed by atoms with Gasteiger partial charge in [-0.1, -0.05) is 13.8 Å². The monoisotopic (exact) mass is 200 g/mol. The van der Waals surface area contributed by atoms with E-state index in [1.807, 2.05) is 0 Å². The molecule has 82 valence electrons. The maximum atomic E-state index is 11.0. The lowest BCUT2D eigenvalue weighted by molar-refractivity contribution is -0.138. The van der Waals surface area contributed by atoms with Crippen LogP contribution in [-0.2, 0) is 9.53 Å². The van der Waals surface area contributed by atoms with Gasteiger partial charge in [0.1, 0.15) is 6.61 Å². The maximum absolute atomic E-state index is 11.0. The number of esters is 1. The molecule has 0 fully saturated rings. The van der Waals surface area contributed by atoms with Gasteiger partial charge in [0.2, 0.25) is 0 Å². The van der Waals surface area contributed by atoms with E-state index in [9.17, 15) is 4.79 Å². The molecule has 2 N–H and O–H groups in total. The molecule has 0 aliphatic rings. The second kappa shape index (κ2) is 7.38. The van der Waals surface area contributed by atoms with Crippen LogP contribution in [0.3, 0.4) is 0 Å². The van der Waals surface area contributed by atoms with Crippen LogP contribution in [0.1, 0.15) is 20.8 Å². The predicted octanol–water partition coefficient (Wildman–Crippen LogP) is 0.734. The first-order chi connectivity index (χ1) is 6.60. The molecular weight excluding hydrogens is 180 g/mol. The number of likely N-dealkylation sites (N-methyl/N-ethyl adjacent to an activating group) is 1. The number of nitrogens with two attached hydrogens (primary N) is 1. The van der Waals surface area contributed by atoms with Crippen LogP contribution in [-0.4, -0.2) is 37.1 Å². The smallest absolute Gasteiger partial charge is 0.332 e. The Kier molecular flexibility index (Phi) is 6.84. The summed E-state index contributed by atoms with van der Waals surface area (Å²) in [6.07, 6.45) is 1.29. The molecule has 0 saturated carbocycles. The van der Waals surface area contributed by atoms with Crippen LogP contribution in [0.4, 0.5) is 0 Å². The largest absolute Gasteiger partial charge is 0.461 e. The Morgan fingerprint density at radius 3 is 2.43 bits per heavy atom. The van der Waals surface area contributed by atoms with Crippen molar-refractivity contribution in [1.82, 2.24) is 4.90 Å². The minimum atomic E-state index is -0.364. The van der Waals surface area contributed by atoms with Crippen molar-refractivity contribution in [1.29, 1.82) is 0 Å². The van der Waals surface area contributed by atoms with E-state index in [4.69, 9.17) is 10.5 Å². The third-order valence-corrected chi connectivity index (χ3v) is 1.89. The number of rotatable bonds is 6. The van der Waals surface area contributed by atoms with Crippen molar-refractivity contribution in [2.24, 2.45) is 5.73 Å². The fraction of sp³-hybridized carbons (Fsp3) is 0.700. The Hall–Kier alpha value is -1.03. The normalized spacial score (nSPS) is 11.9. The molecule has 0 amide bonds. The quantitative estimate of drug-likeness (QED) is 0.507. The first kappa shape index (κ1) is 13.0. The van der Waals surface area contributed by atoms with Crippen LogP contribution in [0.15, 0.2) is 11.8 Å². The molecule has 0 radical (unpaired) electrons. The van der Waals surface area contributed by atoms with Crippen molar-refractivity contribution in [3.63, 3.8) is 0 Å². The van der Waals surface area contributed by atoms with Gasteiger partial charge in [0.15, 0.2) is 0 Å². The van der Waals surface area contributed by atoms with Crippen LogP contribution in [0.2, 0.25) is 0 Å². The second-order valence-corrected chi connectivity index (χ2v) is 3.08. The fourth-order valence-electron chi connectivity index (χ4n) is 1.04. The molecule has 0 heterocycles. The molecule has 0 rings (SSSR count). The van der Waals surface area contributed by atoms with E-state index in [2.05, 4.69) is 18.7 Å². The highest BCUT2D eigenvalue weighted by molar-refractivity contribution is 5.82. The average molecular weight is 200 g/mol. The zero-order valence-corrected chi connectivity index (χ0v) is 9.25. The SMILES string of the molecule is CCN(CC)CCOC(=O)C=C(C)N. The molecule has 0 aliphatic heterocycles. The number of carbonyl (C=O) groups excluding carboxylic acids is 1. The fourth-order valence-corrected chi connectivity index (χ4v) is 1.04. The van der Waals surface area contributed by atoms with Gasteiger partial charge in [-0.25, -0.2) is 4.79 Å². The van der Waals surface area contributed by atoms with Crippen LogP contribution in [0.5, 0.6) is 0 Å². The zero-order chi connectivity index (χ0) is 11.0. The van der Waals surface area contributed by atoms with Gasteiger partial charge in [-0.2, -0.15) is 0 Å². The molecule has 0 aromatic carbocycles. The standard InChI is InChI=1S/C10H20N2O2/c1-4-12(5-2)6-7-14-10(13)8-9(3)11/h8H,4-7,11H2,1-3H3. The lowest BCUT2D eigenvalue weighted by atomic mass is 10.4. The summed E-state index contributed by atoms with van der Waals surface area (Å²) < 4.78 is 4.95. The van der Waals surface area contributed by atoms with E-state index in [1.165, 1.54) is 6.08 Å². The average Bonchev–Trinajstić information content (AvgIpc) is 2.11. The van der Waals surface area contributed by atoms with Crippen LogP contribution in [0, 0.1) is 0 Å². The molecule has 4 nitrogen and oxygen atoms in total. The van der Waals surface area contributed by atoms with Crippen LogP contribution >= 0.6 is 0 Å². The molecule has 0 bridgehead atoms. The summed E-state index contributed by atoms with van der Waals surface area (Å²) >= 11 is 0. The van der Waals surface area contributed by atoms with Gasteiger partial charge in [-0.15, -0.1) is 0 Å². The Labute approximate surface area is 85.7 Å². The number of nitrogens with zero attached hydrogens (tertiary/aromatic N) is 1. The van der Waals surface area contributed by atoms with E-state index in [0.29, 0.717) is 12.3 Å². The number of hydrogen-bond donors (Lipinski definition) is 1. The number of ether oxygens (including phenoxy) is 1. The summed E-state index contributed by atoms with van der Waals surface area (Å²) in [6, 6.07) is 0. The first-order valence-corrected chi connectivity index (χ1v) is 4.93. The Morgan fingerprint density at radius 1 is 1.43 bits per heavy atom.